The number of aryl methyl sites for hydroxylation is 1. The molecule has 0 saturated heterocycles. The van der Waals surface area contributed by atoms with E-state index in [0.717, 1.165) is 6.92 Å². The molecule has 0 spiro atoms. The molecule has 1 aromatic rings. The third kappa shape index (κ3) is 3.88. The van der Waals surface area contributed by atoms with Gasteiger partial charge in [-0.1, -0.05) is 11.6 Å². The number of aliphatic carboxylic acids is 1. The maximum absolute atomic E-state index is 15.0. The summed E-state index contributed by atoms with van der Waals surface area (Å²) in [6.07, 6.45) is -4.56. The van der Waals surface area contributed by atoms with Crippen molar-refractivity contribution in [2.75, 3.05) is 0 Å². The highest BCUT2D eigenvalue weighted by Crippen LogP contribution is 2.44. The Morgan fingerprint density at radius 1 is 1.41 bits per heavy atom. The maximum atomic E-state index is 15.0. The van der Waals surface area contributed by atoms with Gasteiger partial charge in [-0.25, -0.2) is 22.5 Å². The van der Waals surface area contributed by atoms with Gasteiger partial charge in [-0.3, -0.25) is 4.79 Å². The summed E-state index contributed by atoms with van der Waals surface area (Å²) < 4.78 is 67.7. The largest absolute Gasteiger partial charge is 0.480 e. The second kappa shape index (κ2) is 7.63. The SMILES string of the molecule is Cc1nn(C2=CC(CC(Cl)C(=O)O)=C(Cl)CC2(F)C(F)F)c(=O)n1C(F)F. The first-order valence-electron chi connectivity index (χ1n) is 7.30. The molecule has 0 aromatic carbocycles. The first-order valence-corrected chi connectivity index (χ1v) is 8.12. The van der Waals surface area contributed by atoms with Gasteiger partial charge in [0, 0.05) is 17.9 Å². The first-order chi connectivity index (χ1) is 12.4. The van der Waals surface area contributed by atoms with Crippen molar-refractivity contribution in [1.82, 2.24) is 14.3 Å². The molecule has 0 bridgehead atoms. The number of carboxylic acid groups (broad SMARTS) is 1. The van der Waals surface area contributed by atoms with Crippen LogP contribution in [0.5, 0.6) is 0 Å². The standard InChI is InChI=1S/C14H12Cl2F5N3O3/c1-5-22-24(13(27)23(5)12(19)20)9-3-6(2-7(15)10(25)26)8(16)4-14(9,21)11(17)18/h3,7,11-12H,2,4H2,1H3,(H,25,26). The molecule has 1 aromatic heterocycles. The highest BCUT2D eigenvalue weighted by Gasteiger charge is 2.49. The van der Waals surface area contributed by atoms with Gasteiger partial charge < -0.3 is 5.11 Å². The minimum absolute atomic E-state index is 0.0982. The van der Waals surface area contributed by atoms with Crippen LogP contribution in [0.25, 0.3) is 5.70 Å². The number of allylic oxidation sites excluding steroid dienone is 4. The van der Waals surface area contributed by atoms with Crippen molar-refractivity contribution in [3.63, 3.8) is 0 Å². The van der Waals surface area contributed by atoms with Gasteiger partial charge in [0.1, 0.15) is 11.2 Å². The van der Waals surface area contributed by atoms with Gasteiger partial charge in [-0.05, 0) is 18.6 Å². The summed E-state index contributed by atoms with van der Waals surface area (Å²) >= 11 is 11.4. The summed E-state index contributed by atoms with van der Waals surface area (Å²) in [5.74, 6) is -1.97. The zero-order valence-corrected chi connectivity index (χ0v) is 15.0. The smallest absolute Gasteiger partial charge is 0.355 e. The Morgan fingerprint density at radius 3 is 2.44 bits per heavy atom. The fourth-order valence-electron chi connectivity index (χ4n) is 2.53. The molecule has 0 amide bonds. The molecule has 1 aliphatic carbocycles. The van der Waals surface area contributed by atoms with E-state index >= 15 is 4.39 Å². The van der Waals surface area contributed by atoms with E-state index in [2.05, 4.69) is 5.10 Å². The summed E-state index contributed by atoms with van der Waals surface area (Å²) in [4.78, 5) is 23.0. The molecule has 2 rings (SSSR count). The van der Waals surface area contributed by atoms with E-state index in [0.29, 0.717) is 6.08 Å². The monoisotopic (exact) mass is 435 g/mol. The molecule has 13 heteroatoms. The number of nitrogens with zero attached hydrogens (tertiary/aromatic N) is 3. The summed E-state index contributed by atoms with van der Waals surface area (Å²) in [6, 6.07) is 0. The van der Waals surface area contributed by atoms with Crippen molar-refractivity contribution < 1.29 is 31.9 Å². The summed E-state index contributed by atoms with van der Waals surface area (Å²) in [6.45, 7) is -2.31. The van der Waals surface area contributed by atoms with Gasteiger partial charge >= 0.3 is 18.2 Å². The minimum Gasteiger partial charge on any atom is -0.480 e. The fraction of sp³-hybridized carbons (Fsp3) is 0.500. The van der Waals surface area contributed by atoms with E-state index < -0.39 is 65.1 Å². The van der Waals surface area contributed by atoms with Crippen LogP contribution in [0.4, 0.5) is 22.0 Å². The van der Waals surface area contributed by atoms with Gasteiger partial charge in [0.15, 0.2) is 0 Å². The van der Waals surface area contributed by atoms with Crippen LogP contribution in [0.3, 0.4) is 0 Å². The Bertz CT molecular complexity index is 880. The average Bonchev–Trinajstić information content (AvgIpc) is 2.84. The molecule has 1 heterocycles. The molecular formula is C14H12Cl2F5N3O3. The minimum atomic E-state index is -3.67. The number of carbonyl (C=O) groups is 1. The highest BCUT2D eigenvalue weighted by molar-refractivity contribution is 6.31. The van der Waals surface area contributed by atoms with Crippen LogP contribution in [-0.2, 0) is 4.79 Å². The predicted molar refractivity (Wildman–Crippen MR) is 86.0 cm³/mol. The molecule has 150 valence electrons. The van der Waals surface area contributed by atoms with Crippen molar-refractivity contribution in [1.29, 1.82) is 0 Å². The maximum Gasteiger partial charge on any atom is 0.355 e. The third-order valence-corrected chi connectivity index (χ3v) is 4.63. The summed E-state index contributed by atoms with van der Waals surface area (Å²) in [5, 5.41) is 10.4. The van der Waals surface area contributed by atoms with E-state index in [-0.39, 0.29) is 14.8 Å². The van der Waals surface area contributed by atoms with Crippen LogP contribution in [-0.4, -0.2) is 42.9 Å². The lowest BCUT2D eigenvalue weighted by atomic mass is 9.88. The number of carboxylic acids is 1. The number of alkyl halides is 6. The molecule has 0 aliphatic heterocycles. The number of halogens is 7. The van der Waals surface area contributed by atoms with Crippen LogP contribution in [0.15, 0.2) is 21.5 Å². The molecule has 0 fully saturated rings. The Kier molecular flexibility index (Phi) is 6.05. The second-order valence-corrected chi connectivity index (χ2v) is 6.68. The zero-order chi connectivity index (χ0) is 20.7. The topological polar surface area (TPSA) is 77.1 Å². The molecule has 2 atom stereocenters. The predicted octanol–water partition coefficient (Wildman–Crippen LogP) is 3.54. The molecular weight excluding hydrogens is 424 g/mol. The Morgan fingerprint density at radius 2 is 2.00 bits per heavy atom. The van der Waals surface area contributed by atoms with E-state index in [1.807, 2.05) is 0 Å². The van der Waals surface area contributed by atoms with Gasteiger partial charge in [0.2, 0.25) is 5.67 Å². The fourth-order valence-corrected chi connectivity index (χ4v) is 3.02. The number of aromatic nitrogens is 3. The van der Waals surface area contributed by atoms with Crippen molar-refractivity contribution in [2.24, 2.45) is 0 Å². The van der Waals surface area contributed by atoms with Crippen molar-refractivity contribution in [3.8, 4) is 0 Å². The lowest BCUT2D eigenvalue weighted by Gasteiger charge is -2.31. The molecule has 1 N–H and O–H groups in total. The van der Waals surface area contributed by atoms with Crippen molar-refractivity contribution in [3.05, 3.63) is 33.0 Å². The normalized spacial score (nSPS) is 21.8. The van der Waals surface area contributed by atoms with E-state index in [9.17, 15) is 27.2 Å². The molecule has 6 nitrogen and oxygen atoms in total. The van der Waals surface area contributed by atoms with Gasteiger partial charge in [-0.15, -0.1) is 11.6 Å². The number of rotatable bonds is 6. The Labute approximate surface area is 158 Å². The van der Waals surface area contributed by atoms with Crippen LogP contribution in [0.1, 0.15) is 25.2 Å². The number of hydrogen-bond acceptors (Lipinski definition) is 3. The Hall–Kier alpha value is -1.88. The molecule has 27 heavy (non-hydrogen) atoms. The van der Waals surface area contributed by atoms with E-state index in [1.165, 1.54) is 0 Å². The van der Waals surface area contributed by atoms with Crippen LogP contribution >= 0.6 is 23.2 Å². The lowest BCUT2D eigenvalue weighted by molar-refractivity contribution is -0.136. The van der Waals surface area contributed by atoms with Crippen LogP contribution < -0.4 is 5.69 Å². The molecule has 1 aliphatic rings. The Balaban J connectivity index is 2.66. The second-order valence-electron chi connectivity index (χ2n) is 5.70. The quantitative estimate of drug-likeness (QED) is 0.547. The van der Waals surface area contributed by atoms with Crippen molar-refractivity contribution >= 4 is 34.9 Å². The molecule has 2 unspecified atom stereocenters. The van der Waals surface area contributed by atoms with Gasteiger partial charge in [0.05, 0.1) is 5.70 Å². The molecule has 0 saturated carbocycles. The lowest BCUT2D eigenvalue weighted by Crippen LogP contribution is -2.41. The van der Waals surface area contributed by atoms with Crippen LogP contribution in [0, 0.1) is 6.92 Å². The van der Waals surface area contributed by atoms with E-state index in [4.69, 9.17) is 28.3 Å². The molecule has 0 radical (unpaired) electrons. The average molecular weight is 436 g/mol. The van der Waals surface area contributed by atoms with Crippen molar-refractivity contribution in [2.45, 2.75) is 43.8 Å². The zero-order valence-electron chi connectivity index (χ0n) is 13.5. The first kappa shape index (κ1) is 21.4. The van der Waals surface area contributed by atoms with Gasteiger partial charge in [0.25, 0.3) is 6.43 Å². The van der Waals surface area contributed by atoms with E-state index in [1.54, 1.807) is 0 Å². The third-order valence-electron chi connectivity index (χ3n) is 3.91. The van der Waals surface area contributed by atoms with Gasteiger partial charge in [-0.2, -0.15) is 18.6 Å². The van der Waals surface area contributed by atoms with Crippen LogP contribution in [0.2, 0.25) is 0 Å². The number of hydrogen-bond donors (Lipinski definition) is 1. The summed E-state index contributed by atoms with van der Waals surface area (Å²) in [5.41, 5.74) is -6.18. The highest BCUT2D eigenvalue weighted by atomic mass is 35.5. The summed E-state index contributed by atoms with van der Waals surface area (Å²) in [7, 11) is 0.